The number of fused-ring (bicyclic) bond motifs is 6. The van der Waals surface area contributed by atoms with Gasteiger partial charge >= 0.3 is 0 Å². The summed E-state index contributed by atoms with van der Waals surface area (Å²) in [6.45, 7) is 30.6. The number of hydrogen-bond acceptors (Lipinski definition) is 2. The van der Waals surface area contributed by atoms with E-state index in [1.165, 1.54) is 43.6 Å². The Balaban J connectivity index is 0.000000615. The summed E-state index contributed by atoms with van der Waals surface area (Å²) in [5.74, 6) is 0. The largest absolute Gasteiger partial charge is 0.344 e. The topological polar surface area (TPSA) is 16.3 Å². The fraction of sp³-hybridized carbons (Fsp3) is 0.442. The summed E-state index contributed by atoms with van der Waals surface area (Å²) in [6, 6.07) is 34.1. The normalized spacial score (nSPS) is 9.87. The SMILES string of the molecule is CC.CC.CC.CC.CCN(CC)CN(CC)CC.Cn1c2ccccc2c2ccccc21.Cn1c2ccccc2c2ccccc21. The molecule has 4 heteroatoms. The van der Waals surface area contributed by atoms with Crippen LogP contribution in [0.5, 0.6) is 0 Å². The lowest BCUT2D eigenvalue weighted by atomic mass is 10.2. The summed E-state index contributed by atoms with van der Waals surface area (Å²) in [4.78, 5) is 4.88. The maximum Gasteiger partial charge on any atom is 0.0505 e. The van der Waals surface area contributed by atoms with Gasteiger partial charge in [-0.2, -0.15) is 0 Å². The van der Waals surface area contributed by atoms with Crippen molar-refractivity contribution in [3.63, 3.8) is 0 Å². The highest BCUT2D eigenvalue weighted by Crippen LogP contribution is 2.28. The van der Waals surface area contributed by atoms with Crippen molar-refractivity contribution in [2.24, 2.45) is 14.1 Å². The standard InChI is InChI=1S/2C13H11N.C9H22N2.4C2H6/c2*1-14-12-8-4-2-6-10(12)11-7-3-5-9-13(11)14;1-5-10(6-2)9-11(7-3)8-4;4*1-2/h2*2-9H,1H3;5-9H2,1-4H3;4*1-2H3. The molecule has 0 saturated carbocycles. The molecule has 47 heavy (non-hydrogen) atoms. The summed E-state index contributed by atoms with van der Waals surface area (Å²) >= 11 is 0. The summed E-state index contributed by atoms with van der Waals surface area (Å²) in [7, 11) is 4.23. The van der Waals surface area contributed by atoms with Gasteiger partial charge in [-0.1, -0.05) is 156 Å². The molecule has 0 aliphatic rings. The molecule has 4 aromatic carbocycles. The predicted molar refractivity (Wildman–Crippen MR) is 217 cm³/mol. The van der Waals surface area contributed by atoms with Crippen LogP contribution in [0.15, 0.2) is 97.1 Å². The number of benzene rings is 4. The van der Waals surface area contributed by atoms with E-state index in [9.17, 15) is 0 Å². The molecule has 4 nitrogen and oxygen atoms in total. The fourth-order valence-corrected chi connectivity index (χ4v) is 5.37. The average Bonchev–Trinajstić information content (AvgIpc) is 3.63. The van der Waals surface area contributed by atoms with Crippen molar-refractivity contribution in [1.29, 1.82) is 0 Å². The van der Waals surface area contributed by atoms with Gasteiger partial charge in [0.15, 0.2) is 0 Å². The lowest BCUT2D eigenvalue weighted by Crippen LogP contribution is -2.37. The van der Waals surface area contributed by atoms with E-state index in [1.807, 2.05) is 55.4 Å². The molecule has 6 aromatic rings. The number of aryl methyl sites for hydroxylation is 2. The van der Waals surface area contributed by atoms with E-state index in [4.69, 9.17) is 0 Å². The zero-order valence-electron chi connectivity index (χ0n) is 32.6. The minimum atomic E-state index is 1.12. The summed E-state index contributed by atoms with van der Waals surface area (Å²) in [5.41, 5.74) is 5.20. The van der Waals surface area contributed by atoms with E-state index in [-0.39, 0.29) is 0 Å². The van der Waals surface area contributed by atoms with E-state index in [0.717, 1.165) is 32.8 Å². The van der Waals surface area contributed by atoms with Crippen molar-refractivity contribution < 1.29 is 0 Å². The van der Waals surface area contributed by atoms with Crippen molar-refractivity contribution in [1.82, 2.24) is 18.9 Å². The summed E-state index contributed by atoms with van der Waals surface area (Å²) < 4.78 is 4.48. The number of hydrogen-bond donors (Lipinski definition) is 0. The molecule has 0 unspecified atom stereocenters. The molecule has 2 aromatic heterocycles. The smallest absolute Gasteiger partial charge is 0.0505 e. The van der Waals surface area contributed by atoms with Crippen LogP contribution in [0.4, 0.5) is 0 Å². The van der Waals surface area contributed by atoms with Gasteiger partial charge in [0.2, 0.25) is 0 Å². The van der Waals surface area contributed by atoms with Crippen LogP contribution in [0, 0.1) is 0 Å². The van der Waals surface area contributed by atoms with Gasteiger partial charge in [0, 0.05) is 57.7 Å². The lowest BCUT2D eigenvalue weighted by molar-refractivity contribution is 0.152. The van der Waals surface area contributed by atoms with E-state index in [2.05, 4.69) is 158 Å². The third-order valence-corrected chi connectivity index (χ3v) is 7.83. The minimum absolute atomic E-state index is 1.12. The van der Waals surface area contributed by atoms with Gasteiger partial charge in [-0.15, -0.1) is 0 Å². The molecular weight excluding hydrogens is 573 g/mol. The molecule has 0 N–H and O–H groups in total. The van der Waals surface area contributed by atoms with Gasteiger partial charge in [-0.3, -0.25) is 9.80 Å². The van der Waals surface area contributed by atoms with Crippen molar-refractivity contribution in [3.05, 3.63) is 97.1 Å². The van der Waals surface area contributed by atoms with Crippen LogP contribution >= 0.6 is 0 Å². The predicted octanol–water partition coefficient (Wildman–Crippen LogP) is 12.4. The van der Waals surface area contributed by atoms with E-state index in [0.29, 0.717) is 0 Å². The zero-order valence-corrected chi connectivity index (χ0v) is 32.6. The highest BCUT2D eigenvalue weighted by Gasteiger charge is 2.06. The molecule has 0 bridgehead atoms. The number of rotatable bonds is 6. The Kier molecular flexibility index (Phi) is 23.5. The van der Waals surface area contributed by atoms with Crippen LogP contribution in [0.3, 0.4) is 0 Å². The first-order valence-corrected chi connectivity index (χ1v) is 18.3. The van der Waals surface area contributed by atoms with Crippen LogP contribution in [-0.4, -0.2) is 51.8 Å². The zero-order chi connectivity index (χ0) is 35.8. The molecule has 0 aliphatic heterocycles. The first kappa shape index (κ1) is 43.4. The molecule has 0 fully saturated rings. The molecule has 0 saturated heterocycles. The molecule has 0 aliphatic carbocycles. The summed E-state index contributed by atoms with van der Waals surface area (Å²) in [5, 5.41) is 5.35. The van der Waals surface area contributed by atoms with E-state index in [1.54, 1.807) is 0 Å². The first-order chi connectivity index (χ1) is 23.0. The Labute approximate surface area is 289 Å². The maximum atomic E-state index is 2.44. The Morgan fingerprint density at radius 1 is 0.362 bits per heavy atom. The van der Waals surface area contributed by atoms with Crippen LogP contribution in [0.1, 0.15) is 83.1 Å². The van der Waals surface area contributed by atoms with E-state index >= 15 is 0 Å². The molecule has 6 rings (SSSR count). The lowest BCUT2D eigenvalue weighted by Gasteiger charge is -2.26. The van der Waals surface area contributed by atoms with Gasteiger partial charge < -0.3 is 9.13 Å². The Morgan fingerprint density at radius 3 is 0.745 bits per heavy atom. The van der Waals surface area contributed by atoms with Crippen molar-refractivity contribution in [3.8, 4) is 0 Å². The summed E-state index contributed by atoms with van der Waals surface area (Å²) in [6.07, 6.45) is 0. The van der Waals surface area contributed by atoms with E-state index < -0.39 is 0 Å². The van der Waals surface area contributed by atoms with Crippen LogP contribution in [-0.2, 0) is 14.1 Å². The average molecular weight is 641 g/mol. The van der Waals surface area contributed by atoms with Gasteiger partial charge in [-0.25, -0.2) is 0 Å². The third kappa shape index (κ3) is 11.9. The molecule has 260 valence electrons. The van der Waals surface area contributed by atoms with Crippen LogP contribution < -0.4 is 0 Å². The number of para-hydroxylation sites is 4. The third-order valence-electron chi connectivity index (χ3n) is 7.83. The minimum Gasteiger partial charge on any atom is -0.344 e. The molecular formula is C43H68N4. The van der Waals surface area contributed by atoms with Crippen molar-refractivity contribution in [2.45, 2.75) is 83.1 Å². The molecule has 0 atom stereocenters. The Hall–Kier alpha value is -3.60. The monoisotopic (exact) mass is 641 g/mol. The van der Waals surface area contributed by atoms with Gasteiger partial charge in [0.05, 0.1) is 6.67 Å². The van der Waals surface area contributed by atoms with Gasteiger partial charge in [0.1, 0.15) is 0 Å². The first-order valence-electron chi connectivity index (χ1n) is 18.3. The highest BCUT2D eigenvalue weighted by atomic mass is 15.3. The quantitative estimate of drug-likeness (QED) is 0.168. The Bertz CT molecular complexity index is 1390. The second-order valence-electron chi connectivity index (χ2n) is 9.93. The Morgan fingerprint density at radius 2 is 0.553 bits per heavy atom. The van der Waals surface area contributed by atoms with Gasteiger partial charge in [-0.05, 0) is 50.4 Å². The van der Waals surface area contributed by atoms with Crippen LogP contribution in [0.2, 0.25) is 0 Å². The highest BCUT2D eigenvalue weighted by molar-refractivity contribution is 6.08. The second kappa shape index (κ2) is 25.5. The van der Waals surface area contributed by atoms with Crippen molar-refractivity contribution >= 4 is 43.6 Å². The second-order valence-corrected chi connectivity index (χ2v) is 9.93. The number of nitrogens with zero attached hydrogens (tertiary/aromatic N) is 4. The molecule has 0 spiro atoms. The molecule has 0 radical (unpaired) electrons. The van der Waals surface area contributed by atoms with Crippen molar-refractivity contribution in [2.75, 3.05) is 32.8 Å². The number of aromatic nitrogens is 2. The molecule has 0 amide bonds. The molecule has 2 heterocycles. The van der Waals surface area contributed by atoms with Gasteiger partial charge in [0.25, 0.3) is 0 Å². The van der Waals surface area contributed by atoms with Crippen LogP contribution in [0.25, 0.3) is 43.6 Å². The maximum absolute atomic E-state index is 2.44. The fourth-order valence-electron chi connectivity index (χ4n) is 5.37.